The lowest BCUT2D eigenvalue weighted by molar-refractivity contribution is -0.142. The third-order valence-electron chi connectivity index (χ3n) is 2.83. The quantitative estimate of drug-likeness (QED) is 0.771. The Hall–Kier alpha value is -1.36. The van der Waals surface area contributed by atoms with Crippen LogP contribution in [0.4, 0.5) is 0 Å². The van der Waals surface area contributed by atoms with Crippen LogP contribution in [0.15, 0.2) is 12.1 Å². The Bertz CT molecular complexity index is 428. The van der Waals surface area contributed by atoms with Crippen molar-refractivity contribution in [2.24, 2.45) is 0 Å². The van der Waals surface area contributed by atoms with Crippen LogP contribution in [0.1, 0.15) is 42.4 Å². The number of nitrogens with one attached hydrogen (secondary N) is 1. The molecular formula is C14H21NO3S. The zero-order valence-corrected chi connectivity index (χ0v) is 12.3. The fraction of sp³-hybridized carbons (Fsp3) is 0.571. The highest BCUT2D eigenvalue weighted by atomic mass is 32.1. The Balaban J connectivity index is 2.28. The Morgan fingerprint density at radius 1 is 1.42 bits per heavy atom. The van der Waals surface area contributed by atoms with Gasteiger partial charge in [0.05, 0.1) is 0 Å². The van der Waals surface area contributed by atoms with E-state index in [-0.39, 0.29) is 5.91 Å². The monoisotopic (exact) mass is 283 g/mol. The molecule has 0 aromatic carbocycles. The van der Waals surface area contributed by atoms with Crippen molar-refractivity contribution >= 4 is 23.2 Å². The molecule has 0 saturated carbocycles. The Kier molecular flexibility index (Phi) is 6.56. The number of carbonyl (C=O) groups excluding carboxylic acids is 1. The smallest absolute Gasteiger partial charge is 0.326 e. The maximum Gasteiger partial charge on any atom is 0.326 e. The van der Waals surface area contributed by atoms with Gasteiger partial charge in [-0.15, -0.1) is 11.3 Å². The van der Waals surface area contributed by atoms with Crippen molar-refractivity contribution in [2.45, 2.75) is 52.0 Å². The summed E-state index contributed by atoms with van der Waals surface area (Å²) in [4.78, 5) is 25.1. The summed E-state index contributed by atoms with van der Waals surface area (Å²) in [7, 11) is 0. The van der Waals surface area contributed by atoms with Gasteiger partial charge in [0.25, 0.3) is 0 Å². The number of amides is 1. The van der Waals surface area contributed by atoms with Gasteiger partial charge in [-0.3, -0.25) is 4.79 Å². The summed E-state index contributed by atoms with van der Waals surface area (Å²) in [5, 5.41) is 11.5. The average Bonchev–Trinajstić information content (AvgIpc) is 2.74. The number of aliphatic carboxylic acids is 1. The van der Waals surface area contributed by atoms with E-state index in [0.717, 1.165) is 19.3 Å². The van der Waals surface area contributed by atoms with Crippen LogP contribution in [-0.2, 0) is 16.0 Å². The molecule has 1 atom stereocenters. The van der Waals surface area contributed by atoms with Crippen molar-refractivity contribution < 1.29 is 14.7 Å². The van der Waals surface area contributed by atoms with E-state index >= 15 is 0 Å². The lowest BCUT2D eigenvalue weighted by Crippen LogP contribution is -2.40. The third-order valence-corrected chi connectivity index (χ3v) is 3.89. The number of aryl methyl sites for hydroxylation is 2. The summed E-state index contributed by atoms with van der Waals surface area (Å²) in [5.74, 6) is -1.13. The molecule has 0 aliphatic carbocycles. The van der Waals surface area contributed by atoms with Crippen molar-refractivity contribution in [1.29, 1.82) is 0 Å². The summed E-state index contributed by atoms with van der Waals surface area (Å²) in [6, 6.07) is 3.40. The van der Waals surface area contributed by atoms with Gasteiger partial charge in [0.15, 0.2) is 0 Å². The fourth-order valence-corrected chi connectivity index (χ4v) is 2.79. The normalized spacial score (nSPS) is 12.1. The van der Waals surface area contributed by atoms with Crippen LogP contribution < -0.4 is 5.32 Å². The summed E-state index contributed by atoms with van der Waals surface area (Å²) in [6.07, 6.45) is 3.23. The van der Waals surface area contributed by atoms with Gasteiger partial charge in [0, 0.05) is 16.2 Å². The highest BCUT2D eigenvalue weighted by Crippen LogP contribution is 2.17. The van der Waals surface area contributed by atoms with E-state index in [4.69, 9.17) is 5.11 Å². The highest BCUT2D eigenvalue weighted by molar-refractivity contribution is 7.11. The van der Waals surface area contributed by atoms with Crippen LogP contribution in [0.2, 0.25) is 0 Å². The van der Waals surface area contributed by atoms with Crippen molar-refractivity contribution in [3.63, 3.8) is 0 Å². The Morgan fingerprint density at radius 3 is 2.68 bits per heavy atom. The van der Waals surface area contributed by atoms with Crippen LogP contribution in [0.25, 0.3) is 0 Å². The largest absolute Gasteiger partial charge is 0.480 e. The topological polar surface area (TPSA) is 66.4 Å². The molecule has 0 aliphatic heterocycles. The van der Waals surface area contributed by atoms with Gasteiger partial charge in [-0.25, -0.2) is 4.79 Å². The number of carboxylic acid groups (broad SMARTS) is 1. The van der Waals surface area contributed by atoms with Gasteiger partial charge in [-0.1, -0.05) is 13.3 Å². The molecule has 106 valence electrons. The summed E-state index contributed by atoms with van der Waals surface area (Å²) in [5.41, 5.74) is 0. The van der Waals surface area contributed by atoms with E-state index in [0.29, 0.717) is 12.8 Å². The van der Waals surface area contributed by atoms with Crippen molar-refractivity contribution in [2.75, 3.05) is 0 Å². The van der Waals surface area contributed by atoms with E-state index in [1.807, 2.05) is 6.92 Å². The molecule has 0 spiro atoms. The second-order valence-electron chi connectivity index (χ2n) is 4.61. The molecule has 0 bridgehead atoms. The zero-order valence-electron chi connectivity index (χ0n) is 11.4. The molecule has 0 saturated heterocycles. The number of carbonyl (C=O) groups is 2. The molecular weight excluding hydrogens is 262 g/mol. The number of carboxylic acids is 1. The number of rotatable bonds is 8. The minimum Gasteiger partial charge on any atom is -0.480 e. The molecule has 1 aromatic heterocycles. The molecule has 0 radical (unpaired) electrons. The predicted molar refractivity (Wildman–Crippen MR) is 76.5 cm³/mol. The van der Waals surface area contributed by atoms with E-state index in [9.17, 15) is 9.59 Å². The zero-order chi connectivity index (χ0) is 14.3. The van der Waals surface area contributed by atoms with E-state index < -0.39 is 12.0 Å². The Morgan fingerprint density at radius 2 is 2.16 bits per heavy atom. The van der Waals surface area contributed by atoms with E-state index in [2.05, 4.69) is 24.4 Å². The molecule has 0 fully saturated rings. The van der Waals surface area contributed by atoms with Gasteiger partial charge in [-0.2, -0.15) is 0 Å². The fourth-order valence-electron chi connectivity index (χ4n) is 1.86. The number of thiophene rings is 1. The van der Waals surface area contributed by atoms with E-state index in [1.54, 1.807) is 11.3 Å². The van der Waals surface area contributed by atoms with Crippen LogP contribution in [0, 0.1) is 6.92 Å². The summed E-state index contributed by atoms with van der Waals surface area (Å²) < 4.78 is 0. The lowest BCUT2D eigenvalue weighted by Gasteiger charge is -2.13. The average molecular weight is 283 g/mol. The molecule has 19 heavy (non-hydrogen) atoms. The maximum atomic E-state index is 11.7. The molecule has 1 rings (SSSR count). The second-order valence-corrected chi connectivity index (χ2v) is 5.99. The first kappa shape index (κ1) is 15.7. The van der Waals surface area contributed by atoms with Crippen molar-refractivity contribution in [3.05, 3.63) is 21.9 Å². The minimum absolute atomic E-state index is 0.172. The van der Waals surface area contributed by atoms with Crippen molar-refractivity contribution in [1.82, 2.24) is 5.32 Å². The lowest BCUT2D eigenvalue weighted by atomic mass is 10.1. The van der Waals surface area contributed by atoms with Crippen LogP contribution in [-0.4, -0.2) is 23.0 Å². The first-order chi connectivity index (χ1) is 9.02. The van der Waals surface area contributed by atoms with Crippen LogP contribution in [0.5, 0.6) is 0 Å². The number of hydrogen-bond donors (Lipinski definition) is 2. The molecule has 4 nitrogen and oxygen atoms in total. The molecule has 1 unspecified atom stereocenters. The van der Waals surface area contributed by atoms with Gasteiger partial charge < -0.3 is 10.4 Å². The Labute approximate surface area is 117 Å². The molecule has 2 N–H and O–H groups in total. The van der Waals surface area contributed by atoms with Crippen LogP contribution in [0.3, 0.4) is 0 Å². The SMILES string of the molecule is CCCC(NC(=O)CCCc1ccc(C)s1)C(=O)O. The van der Waals surface area contributed by atoms with Gasteiger partial charge in [-0.05, 0) is 38.3 Å². The molecule has 1 aromatic rings. The molecule has 0 aliphatic rings. The minimum atomic E-state index is -0.955. The first-order valence-corrected chi connectivity index (χ1v) is 7.42. The number of hydrogen-bond acceptors (Lipinski definition) is 3. The van der Waals surface area contributed by atoms with Crippen LogP contribution >= 0.6 is 11.3 Å². The predicted octanol–water partition coefficient (Wildman–Crippen LogP) is 2.75. The maximum absolute atomic E-state index is 11.7. The van der Waals surface area contributed by atoms with Gasteiger partial charge >= 0.3 is 5.97 Å². The summed E-state index contributed by atoms with van der Waals surface area (Å²) >= 11 is 1.74. The highest BCUT2D eigenvalue weighted by Gasteiger charge is 2.18. The molecule has 1 heterocycles. The summed E-state index contributed by atoms with van der Waals surface area (Å²) in [6.45, 7) is 3.96. The standard InChI is InChI=1S/C14H21NO3S/c1-3-5-12(14(17)18)15-13(16)7-4-6-11-9-8-10(2)19-11/h8-9,12H,3-7H2,1-2H3,(H,15,16)(H,17,18). The van der Waals surface area contributed by atoms with Gasteiger partial charge in [0.1, 0.15) is 6.04 Å². The first-order valence-electron chi connectivity index (χ1n) is 6.60. The van der Waals surface area contributed by atoms with E-state index in [1.165, 1.54) is 9.75 Å². The van der Waals surface area contributed by atoms with Gasteiger partial charge in [0.2, 0.25) is 5.91 Å². The molecule has 5 heteroatoms. The molecule has 1 amide bonds. The van der Waals surface area contributed by atoms with Crippen molar-refractivity contribution in [3.8, 4) is 0 Å². The third kappa shape index (κ3) is 5.87. The second kappa shape index (κ2) is 7.94.